The zero-order valence-electron chi connectivity index (χ0n) is 11.2. The minimum absolute atomic E-state index is 0.413. The van der Waals surface area contributed by atoms with Crippen molar-refractivity contribution in [3.63, 3.8) is 0 Å². The molecule has 1 heterocycles. The molecule has 2 nitrogen and oxygen atoms in total. The van der Waals surface area contributed by atoms with E-state index in [-0.39, 0.29) is 0 Å². The molecule has 2 heteroatoms. The minimum atomic E-state index is 0.413. The lowest BCUT2D eigenvalue weighted by Crippen LogP contribution is -2.36. The molecule has 0 saturated heterocycles. The quantitative estimate of drug-likeness (QED) is 0.764. The molecule has 0 bridgehead atoms. The second kappa shape index (κ2) is 8.03. The summed E-state index contributed by atoms with van der Waals surface area (Å²) in [6.45, 7) is 17.1. The first-order valence-electron chi connectivity index (χ1n) is 6.30. The van der Waals surface area contributed by atoms with Crippen molar-refractivity contribution >= 4 is 0 Å². The van der Waals surface area contributed by atoms with Crippen molar-refractivity contribution in [3.8, 4) is 0 Å². The zero-order chi connectivity index (χ0) is 12.6. The lowest BCUT2D eigenvalue weighted by Gasteiger charge is -2.26. The van der Waals surface area contributed by atoms with Gasteiger partial charge in [0.15, 0.2) is 0 Å². The summed E-state index contributed by atoms with van der Waals surface area (Å²) in [5.41, 5.74) is 2.30. The molecular weight excluding hydrogens is 196 g/mol. The molecule has 0 spiro atoms. The Morgan fingerprint density at radius 1 is 1.25 bits per heavy atom. The predicted octanol–water partition coefficient (Wildman–Crippen LogP) is 3.65. The Kier molecular flexibility index (Phi) is 7.44. The van der Waals surface area contributed by atoms with Gasteiger partial charge in [-0.25, -0.2) is 0 Å². The lowest BCUT2D eigenvalue weighted by atomic mass is 10.2. The smallest absolute Gasteiger partial charge is 0.0988 e. The van der Waals surface area contributed by atoms with Crippen molar-refractivity contribution in [2.45, 2.75) is 46.7 Å². The van der Waals surface area contributed by atoms with Gasteiger partial charge in [-0.1, -0.05) is 40.9 Å². The number of nitrogens with one attached hydrogen (secondary N) is 1. The molecule has 0 aromatic carbocycles. The third-order valence-corrected chi connectivity index (χ3v) is 2.53. The van der Waals surface area contributed by atoms with Gasteiger partial charge in [0.05, 0.1) is 17.6 Å². The Morgan fingerprint density at radius 3 is 2.25 bits per heavy atom. The SMILES string of the molecule is C=CC1=C(C=C)N(CCC)C(CC)N1.CC. The molecule has 0 amide bonds. The summed E-state index contributed by atoms with van der Waals surface area (Å²) in [4.78, 5) is 2.37. The Hall–Kier alpha value is -1.18. The summed E-state index contributed by atoms with van der Waals surface area (Å²) in [6.07, 6.45) is 6.44. The van der Waals surface area contributed by atoms with Crippen LogP contribution < -0.4 is 5.32 Å². The van der Waals surface area contributed by atoms with Crippen molar-refractivity contribution in [2.75, 3.05) is 6.54 Å². The van der Waals surface area contributed by atoms with E-state index in [1.807, 2.05) is 26.0 Å². The Morgan fingerprint density at radius 2 is 1.88 bits per heavy atom. The molecule has 1 aliphatic heterocycles. The van der Waals surface area contributed by atoms with Crippen LogP contribution in [-0.2, 0) is 0 Å². The molecular formula is C14H26N2. The van der Waals surface area contributed by atoms with Crippen LogP contribution >= 0.6 is 0 Å². The van der Waals surface area contributed by atoms with Gasteiger partial charge in [-0.05, 0) is 25.0 Å². The summed E-state index contributed by atoms with van der Waals surface area (Å²) >= 11 is 0. The van der Waals surface area contributed by atoms with E-state index in [2.05, 4.69) is 37.2 Å². The monoisotopic (exact) mass is 222 g/mol. The summed E-state index contributed by atoms with van der Waals surface area (Å²) < 4.78 is 0. The van der Waals surface area contributed by atoms with Crippen LogP contribution in [0.5, 0.6) is 0 Å². The average molecular weight is 222 g/mol. The summed E-state index contributed by atoms with van der Waals surface area (Å²) in [5.74, 6) is 0. The van der Waals surface area contributed by atoms with E-state index in [9.17, 15) is 0 Å². The van der Waals surface area contributed by atoms with Crippen LogP contribution in [0.2, 0.25) is 0 Å². The van der Waals surface area contributed by atoms with E-state index in [0.29, 0.717) is 6.17 Å². The fourth-order valence-electron chi connectivity index (χ4n) is 1.88. The van der Waals surface area contributed by atoms with Crippen LogP contribution in [0.15, 0.2) is 36.7 Å². The maximum absolute atomic E-state index is 3.85. The number of allylic oxidation sites excluding steroid dienone is 2. The average Bonchev–Trinajstić information content (AvgIpc) is 2.69. The molecule has 0 saturated carbocycles. The first kappa shape index (κ1) is 14.8. The van der Waals surface area contributed by atoms with Crippen molar-refractivity contribution in [1.29, 1.82) is 0 Å². The van der Waals surface area contributed by atoms with Crippen LogP contribution in [0.25, 0.3) is 0 Å². The van der Waals surface area contributed by atoms with Crippen molar-refractivity contribution in [3.05, 3.63) is 36.7 Å². The Balaban J connectivity index is 0.00000106. The molecule has 0 fully saturated rings. The zero-order valence-corrected chi connectivity index (χ0v) is 11.2. The van der Waals surface area contributed by atoms with Gasteiger partial charge in [0.2, 0.25) is 0 Å². The maximum atomic E-state index is 3.85. The normalized spacial score (nSPS) is 18.8. The molecule has 0 aromatic heterocycles. The first-order valence-corrected chi connectivity index (χ1v) is 6.30. The molecule has 0 radical (unpaired) electrons. The topological polar surface area (TPSA) is 15.3 Å². The molecule has 1 rings (SSSR count). The van der Waals surface area contributed by atoms with Crippen molar-refractivity contribution in [1.82, 2.24) is 10.2 Å². The second-order valence-corrected chi connectivity index (χ2v) is 3.47. The minimum Gasteiger partial charge on any atom is -0.364 e. The third-order valence-electron chi connectivity index (χ3n) is 2.53. The van der Waals surface area contributed by atoms with E-state index < -0.39 is 0 Å². The highest BCUT2D eigenvalue weighted by molar-refractivity contribution is 5.33. The fourth-order valence-corrected chi connectivity index (χ4v) is 1.88. The molecule has 0 aliphatic carbocycles. The van der Waals surface area contributed by atoms with Gasteiger partial charge in [0.1, 0.15) is 0 Å². The number of hydrogen-bond acceptors (Lipinski definition) is 2. The first-order chi connectivity index (χ1) is 7.78. The molecule has 1 N–H and O–H groups in total. The highest BCUT2D eigenvalue weighted by atomic mass is 15.3. The van der Waals surface area contributed by atoms with E-state index in [4.69, 9.17) is 0 Å². The third kappa shape index (κ3) is 3.16. The van der Waals surface area contributed by atoms with Gasteiger partial charge < -0.3 is 10.2 Å². The van der Waals surface area contributed by atoms with E-state index in [0.717, 1.165) is 25.1 Å². The fraction of sp³-hybridized carbons (Fsp3) is 0.571. The molecule has 1 unspecified atom stereocenters. The molecule has 1 aliphatic rings. The van der Waals surface area contributed by atoms with Gasteiger partial charge in [-0.15, -0.1) is 0 Å². The van der Waals surface area contributed by atoms with E-state index in [1.165, 1.54) is 5.70 Å². The van der Waals surface area contributed by atoms with Gasteiger partial charge in [0.25, 0.3) is 0 Å². The van der Waals surface area contributed by atoms with Crippen LogP contribution in [0, 0.1) is 0 Å². The Bertz CT molecular complexity index is 253. The molecule has 92 valence electrons. The van der Waals surface area contributed by atoms with Crippen LogP contribution in [0.1, 0.15) is 40.5 Å². The predicted molar refractivity (Wildman–Crippen MR) is 73.0 cm³/mol. The van der Waals surface area contributed by atoms with Gasteiger partial charge >= 0.3 is 0 Å². The Labute approximate surface area is 101 Å². The van der Waals surface area contributed by atoms with Crippen molar-refractivity contribution < 1.29 is 0 Å². The number of nitrogens with zero attached hydrogens (tertiary/aromatic N) is 1. The van der Waals surface area contributed by atoms with Crippen LogP contribution in [-0.4, -0.2) is 17.6 Å². The maximum Gasteiger partial charge on any atom is 0.0988 e. The lowest BCUT2D eigenvalue weighted by molar-refractivity contribution is 0.259. The molecule has 1 atom stereocenters. The highest BCUT2D eigenvalue weighted by Gasteiger charge is 2.25. The largest absolute Gasteiger partial charge is 0.364 e. The van der Waals surface area contributed by atoms with E-state index >= 15 is 0 Å². The van der Waals surface area contributed by atoms with Crippen molar-refractivity contribution in [2.24, 2.45) is 0 Å². The molecule has 0 aromatic rings. The van der Waals surface area contributed by atoms with Crippen LogP contribution in [0.3, 0.4) is 0 Å². The van der Waals surface area contributed by atoms with E-state index in [1.54, 1.807) is 0 Å². The van der Waals surface area contributed by atoms with Gasteiger partial charge in [-0.2, -0.15) is 0 Å². The molecule has 16 heavy (non-hydrogen) atoms. The van der Waals surface area contributed by atoms with Gasteiger partial charge in [-0.3, -0.25) is 0 Å². The van der Waals surface area contributed by atoms with Gasteiger partial charge in [0, 0.05) is 6.54 Å². The number of hydrogen-bond donors (Lipinski definition) is 1. The van der Waals surface area contributed by atoms with Crippen LogP contribution in [0.4, 0.5) is 0 Å². The summed E-state index contributed by atoms with van der Waals surface area (Å²) in [6, 6.07) is 0. The summed E-state index contributed by atoms with van der Waals surface area (Å²) in [5, 5.41) is 3.44. The summed E-state index contributed by atoms with van der Waals surface area (Å²) in [7, 11) is 0. The highest BCUT2D eigenvalue weighted by Crippen LogP contribution is 2.23. The number of rotatable bonds is 5. The standard InChI is InChI=1S/C12H20N2.C2H6/c1-5-9-14-11(7-3)10(6-2)13-12(14)8-4;1-2/h6-7,12-13H,2-3,5,8-9H2,1,4H3;1-2H3. The second-order valence-electron chi connectivity index (χ2n) is 3.47.